The third-order valence-electron chi connectivity index (χ3n) is 3.66. The number of piperidine rings is 1. The van der Waals surface area contributed by atoms with Crippen LogP contribution in [0.3, 0.4) is 0 Å². The Labute approximate surface area is 99.4 Å². The zero-order valence-electron chi connectivity index (χ0n) is 9.97. The minimum absolute atomic E-state index is 0.120. The Morgan fingerprint density at radius 2 is 1.94 bits per heavy atom. The van der Waals surface area contributed by atoms with E-state index in [0.29, 0.717) is 5.92 Å². The van der Waals surface area contributed by atoms with Gasteiger partial charge < -0.3 is 15.3 Å². The van der Waals surface area contributed by atoms with E-state index in [-0.39, 0.29) is 5.69 Å². The number of benzene rings is 1. The summed E-state index contributed by atoms with van der Waals surface area (Å²) in [5.41, 5.74) is 4.25. The molecule has 4 heteroatoms. The van der Waals surface area contributed by atoms with Gasteiger partial charge in [-0.15, -0.1) is 0 Å². The van der Waals surface area contributed by atoms with Gasteiger partial charge >= 0.3 is 5.69 Å². The second kappa shape index (κ2) is 4.04. The fourth-order valence-electron chi connectivity index (χ4n) is 2.74. The molecule has 1 aliphatic rings. The van der Waals surface area contributed by atoms with Crippen LogP contribution in [0.4, 0.5) is 0 Å². The second-order valence-corrected chi connectivity index (χ2v) is 4.86. The monoisotopic (exact) mass is 231 g/mol. The Kier molecular flexibility index (Phi) is 2.52. The highest BCUT2D eigenvalue weighted by atomic mass is 16.1. The van der Waals surface area contributed by atoms with E-state index in [1.54, 1.807) is 0 Å². The van der Waals surface area contributed by atoms with Gasteiger partial charge in [0.2, 0.25) is 0 Å². The Bertz CT molecular complexity index is 590. The third-order valence-corrected chi connectivity index (χ3v) is 3.66. The first-order valence-electron chi connectivity index (χ1n) is 6.17. The zero-order valence-corrected chi connectivity index (χ0v) is 9.97. The topological polar surface area (TPSA) is 60.7 Å². The molecule has 0 unspecified atom stereocenters. The Morgan fingerprint density at radius 3 is 2.71 bits per heavy atom. The normalized spacial score (nSPS) is 17.7. The van der Waals surface area contributed by atoms with Crippen LogP contribution >= 0.6 is 0 Å². The lowest BCUT2D eigenvalue weighted by molar-refractivity contribution is 0.460. The minimum Gasteiger partial charge on any atom is -0.317 e. The number of nitrogens with one attached hydrogen (secondary N) is 3. The maximum atomic E-state index is 11.3. The number of H-pyrrole nitrogens is 2. The number of aromatic amines is 2. The highest BCUT2D eigenvalue weighted by Crippen LogP contribution is 2.28. The fourth-order valence-corrected chi connectivity index (χ4v) is 2.74. The van der Waals surface area contributed by atoms with Crippen molar-refractivity contribution in [3.63, 3.8) is 0 Å². The maximum Gasteiger partial charge on any atom is 0.323 e. The maximum absolute atomic E-state index is 11.3. The van der Waals surface area contributed by atoms with E-state index in [2.05, 4.69) is 34.3 Å². The van der Waals surface area contributed by atoms with Gasteiger partial charge in [-0.3, -0.25) is 0 Å². The van der Waals surface area contributed by atoms with E-state index in [1.807, 2.05) is 0 Å². The Hall–Kier alpha value is -1.55. The Balaban J connectivity index is 2.07. The van der Waals surface area contributed by atoms with Gasteiger partial charge in [0.15, 0.2) is 0 Å². The molecule has 2 aromatic rings. The third kappa shape index (κ3) is 1.89. The van der Waals surface area contributed by atoms with E-state index >= 15 is 0 Å². The van der Waals surface area contributed by atoms with Crippen LogP contribution in [0, 0.1) is 6.92 Å². The van der Waals surface area contributed by atoms with Gasteiger partial charge in [0.05, 0.1) is 11.0 Å². The van der Waals surface area contributed by atoms with E-state index in [9.17, 15) is 4.79 Å². The van der Waals surface area contributed by atoms with Crippen molar-refractivity contribution in [3.8, 4) is 0 Å². The van der Waals surface area contributed by atoms with E-state index in [4.69, 9.17) is 0 Å². The van der Waals surface area contributed by atoms with Crippen molar-refractivity contribution in [2.45, 2.75) is 25.7 Å². The first kappa shape index (κ1) is 10.6. The number of aromatic nitrogens is 2. The lowest BCUT2D eigenvalue weighted by Gasteiger charge is -2.23. The number of hydrogen-bond donors (Lipinski definition) is 3. The molecule has 0 aliphatic carbocycles. The van der Waals surface area contributed by atoms with Gasteiger partial charge in [-0.25, -0.2) is 4.79 Å². The molecule has 1 aromatic carbocycles. The van der Waals surface area contributed by atoms with Gasteiger partial charge in [-0.2, -0.15) is 0 Å². The lowest BCUT2D eigenvalue weighted by Crippen LogP contribution is -2.26. The summed E-state index contributed by atoms with van der Waals surface area (Å²) in [6.45, 7) is 4.23. The molecular weight excluding hydrogens is 214 g/mol. The van der Waals surface area contributed by atoms with E-state index in [1.165, 1.54) is 18.4 Å². The van der Waals surface area contributed by atoms with Crippen LogP contribution in [-0.2, 0) is 0 Å². The average molecular weight is 231 g/mol. The summed E-state index contributed by atoms with van der Waals surface area (Å²) in [5, 5.41) is 3.38. The molecule has 1 aromatic heterocycles. The predicted octanol–water partition coefficient (Wildman–Crippen LogP) is 1.63. The van der Waals surface area contributed by atoms with Gasteiger partial charge in [-0.05, 0) is 56.0 Å². The number of aryl methyl sites for hydroxylation is 1. The summed E-state index contributed by atoms with van der Waals surface area (Å²) in [6, 6.07) is 4.33. The second-order valence-electron chi connectivity index (χ2n) is 4.86. The molecule has 90 valence electrons. The van der Waals surface area contributed by atoms with Crippen molar-refractivity contribution >= 4 is 11.0 Å². The van der Waals surface area contributed by atoms with Gasteiger partial charge in [0.1, 0.15) is 0 Å². The molecule has 0 spiro atoms. The fraction of sp³-hybridized carbons (Fsp3) is 0.462. The lowest BCUT2D eigenvalue weighted by atomic mass is 9.89. The number of rotatable bonds is 1. The van der Waals surface area contributed by atoms with Crippen molar-refractivity contribution in [1.82, 2.24) is 15.3 Å². The molecule has 3 N–H and O–H groups in total. The van der Waals surface area contributed by atoms with Crippen LogP contribution in [-0.4, -0.2) is 23.1 Å². The SMILES string of the molecule is Cc1cc(C2CCNCC2)cc2[nH]c(=O)[nH]c12. The van der Waals surface area contributed by atoms with E-state index < -0.39 is 0 Å². The van der Waals surface area contributed by atoms with Crippen molar-refractivity contribution in [2.75, 3.05) is 13.1 Å². The summed E-state index contributed by atoms with van der Waals surface area (Å²) in [6.07, 6.45) is 2.36. The summed E-state index contributed by atoms with van der Waals surface area (Å²) < 4.78 is 0. The van der Waals surface area contributed by atoms with Crippen LogP contribution in [0.5, 0.6) is 0 Å². The molecular formula is C13H17N3O. The van der Waals surface area contributed by atoms with Crippen molar-refractivity contribution in [1.29, 1.82) is 0 Å². The zero-order chi connectivity index (χ0) is 11.8. The van der Waals surface area contributed by atoms with Gasteiger partial charge in [-0.1, -0.05) is 6.07 Å². The number of hydrogen-bond acceptors (Lipinski definition) is 2. The molecule has 1 saturated heterocycles. The molecule has 3 rings (SSSR count). The molecule has 1 fully saturated rings. The first-order valence-corrected chi connectivity index (χ1v) is 6.17. The molecule has 0 atom stereocenters. The summed E-state index contributed by atoms with van der Waals surface area (Å²) in [7, 11) is 0. The highest BCUT2D eigenvalue weighted by Gasteiger charge is 2.16. The van der Waals surface area contributed by atoms with Crippen LogP contribution in [0.1, 0.15) is 29.9 Å². The molecule has 0 bridgehead atoms. The van der Waals surface area contributed by atoms with Crippen molar-refractivity contribution in [3.05, 3.63) is 33.7 Å². The molecule has 2 heterocycles. The van der Waals surface area contributed by atoms with Crippen molar-refractivity contribution < 1.29 is 0 Å². The van der Waals surface area contributed by atoms with Crippen molar-refractivity contribution in [2.24, 2.45) is 0 Å². The van der Waals surface area contributed by atoms with Crippen LogP contribution in [0.2, 0.25) is 0 Å². The molecule has 0 radical (unpaired) electrons. The minimum atomic E-state index is -0.120. The molecule has 1 aliphatic heterocycles. The van der Waals surface area contributed by atoms with Gasteiger partial charge in [0.25, 0.3) is 0 Å². The predicted molar refractivity (Wildman–Crippen MR) is 68.5 cm³/mol. The van der Waals surface area contributed by atoms with E-state index in [0.717, 1.165) is 29.7 Å². The smallest absolute Gasteiger partial charge is 0.317 e. The summed E-state index contributed by atoms with van der Waals surface area (Å²) in [5.74, 6) is 0.623. The van der Waals surface area contributed by atoms with Gasteiger partial charge in [0, 0.05) is 0 Å². The summed E-state index contributed by atoms with van der Waals surface area (Å²) in [4.78, 5) is 17.0. The largest absolute Gasteiger partial charge is 0.323 e. The molecule has 0 amide bonds. The number of imidazole rings is 1. The Morgan fingerprint density at radius 1 is 1.18 bits per heavy atom. The molecule has 17 heavy (non-hydrogen) atoms. The summed E-state index contributed by atoms with van der Waals surface area (Å²) >= 11 is 0. The molecule has 4 nitrogen and oxygen atoms in total. The van der Waals surface area contributed by atoms with Crippen LogP contribution < -0.4 is 11.0 Å². The number of fused-ring (bicyclic) bond motifs is 1. The first-order chi connectivity index (χ1) is 8.24. The standard InChI is InChI=1S/C13H17N3O/c1-8-6-10(9-2-4-14-5-3-9)7-11-12(8)16-13(17)15-11/h6-7,9,14H,2-5H2,1H3,(H2,15,16,17). The highest BCUT2D eigenvalue weighted by molar-refractivity contribution is 5.79. The van der Waals surface area contributed by atoms with Crippen LogP contribution in [0.15, 0.2) is 16.9 Å². The molecule has 0 saturated carbocycles. The average Bonchev–Trinajstić information content (AvgIpc) is 2.71. The van der Waals surface area contributed by atoms with Crippen LogP contribution in [0.25, 0.3) is 11.0 Å². The quantitative estimate of drug-likeness (QED) is 0.698.